The molecule has 23 heavy (non-hydrogen) atoms. The Morgan fingerprint density at radius 3 is 2.61 bits per heavy atom. The second-order valence-electron chi connectivity index (χ2n) is 6.17. The molecule has 1 aliphatic carbocycles. The summed E-state index contributed by atoms with van der Waals surface area (Å²) in [5, 5.41) is 5.86. The third kappa shape index (κ3) is 3.26. The van der Waals surface area contributed by atoms with Crippen LogP contribution in [0.15, 0.2) is 0 Å². The highest BCUT2D eigenvalue weighted by atomic mass is 19.4. The molecule has 1 aromatic heterocycles. The number of anilines is 3. The van der Waals surface area contributed by atoms with Crippen molar-refractivity contribution in [2.45, 2.75) is 31.5 Å². The van der Waals surface area contributed by atoms with E-state index in [-0.39, 0.29) is 31.3 Å². The topological polar surface area (TPSA) is 92.0 Å². The van der Waals surface area contributed by atoms with E-state index in [1.165, 1.54) is 0 Å². The van der Waals surface area contributed by atoms with E-state index in [1.54, 1.807) is 0 Å². The number of nitrogens with two attached hydrogens (primary N) is 1. The number of halogens is 3. The van der Waals surface area contributed by atoms with Crippen molar-refractivity contribution >= 4 is 17.8 Å². The number of rotatable bonds is 5. The fraction of sp³-hybridized carbons (Fsp3) is 0.769. The van der Waals surface area contributed by atoms with E-state index in [0.717, 1.165) is 19.5 Å². The highest BCUT2D eigenvalue weighted by molar-refractivity contribution is 5.43. The summed E-state index contributed by atoms with van der Waals surface area (Å²) in [6, 6.07) is 0.337. The first-order chi connectivity index (χ1) is 10.8. The van der Waals surface area contributed by atoms with Crippen molar-refractivity contribution in [3.8, 4) is 0 Å². The summed E-state index contributed by atoms with van der Waals surface area (Å²) in [6.45, 7) is 1.26. The molecule has 2 aliphatic rings. The largest absolute Gasteiger partial charge is 0.396 e. The highest BCUT2D eigenvalue weighted by Gasteiger charge is 2.62. The van der Waals surface area contributed by atoms with E-state index in [9.17, 15) is 13.2 Å². The van der Waals surface area contributed by atoms with Crippen LogP contribution in [0.25, 0.3) is 0 Å². The molecule has 1 saturated heterocycles. The maximum atomic E-state index is 13.0. The molecule has 0 aromatic carbocycles. The lowest BCUT2D eigenvalue weighted by Crippen LogP contribution is -2.32. The number of nitrogens with zero attached hydrogens (tertiary/aromatic N) is 4. The smallest absolute Gasteiger partial charge is 0.368 e. The maximum Gasteiger partial charge on any atom is 0.396 e. The number of alkyl halides is 3. The molecule has 3 rings (SSSR count). The summed E-state index contributed by atoms with van der Waals surface area (Å²) in [7, 11) is 1.88. The van der Waals surface area contributed by atoms with Gasteiger partial charge in [0.25, 0.3) is 0 Å². The molecule has 128 valence electrons. The lowest BCUT2D eigenvalue weighted by Gasteiger charge is -2.20. The number of hydrogen-bond acceptors (Lipinski definition) is 7. The van der Waals surface area contributed by atoms with E-state index in [0.29, 0.717) is 12.0 Å². The quantitative estimate of drug-likeness (QED) is 0.741. The second kappa shape index (κ2) is 5.66. The van der Waals surface area contributed by atoms with Gasteiger partial charge in [-0.2, -0.15) is 28.1 Å². The first-order valence-corrected chi connectivity index (χ1v) is 7.57. The summed E-state index contributed by atoms with van der Waals surface area (Å²) in [6.07, 6.45) is -3.00. The lowest BCUT2D eigenvalue weighted by molar-refractivity contribution is -0.182. The van der Waals surface area contributed by atoms with E-state index in [1.807, 2.05) is 11.9 Å². The number of nitrogen functional groups attached to an aromatic ring is 1. The first kappa shape index (κ1) is 16.0. The third-order valence-electron chi connectivity index (χ3n) is 4.56. The highest BCUT2D eigenvalue weighted by Crippen LogP contribution is 2.57. The van der Waals surface area contributed by atoms with Crippen LogP contribution in [0.3, 0.4) is 0 Å². The Morgan fingerprint density at radius 2 is 2.04 bits per heavy atom. The third-order valence-corrected chi connectivity index (χ3v) is 4.56. The SMILES string of the molecule is CN[C@@H]1CCN(c2nc(N)nc(NCC3(C(F)(F)F)CC3)n2)C1. The van der Waals surface area contributed by atoms with Crippen LogP contribution < -0.4 is 21.3 Å². The molecule has 0 spiro atoms. The molecule has 1 saturated carbocycles. The van der Waals surface area contributed by atoms with Gasteiger partial charge in [-0.1, -0.05) is 0 Å². The lowest BCUT2D eigenvalue weighted by atomic mass is 10.1. The molecule has 0 bridgehead atoms. The van der Waals surface area contributed by atoms with Gasteiger partial charge >= 0.3 is 6.18 Å². The molecule has 2 fully saturated rings. The molecule has 0 amide bonds. The van der Waals surface area contributed by atoms with Crippen molar-refractivity contribution in [3.63, 3.8) is 0 Å². The van der Waals surface area contributed by atoms with Crippen LogP contribution in [0.2, 0.25) is 0 Å². The van der Waals surface area contributed by atoms with Crippen LogP contribution in [0.1, 0.15) is 19.3 Å². The van der Waals surface area contributed by atoms with Crippen LogP contribution in [-0.2, 0) is 0 Å². The normalized spacial score (nSPS) is 23.1. The van der Waals surface area contributed by atoms with Gasteiger partial charge in [-0.3, -0.25) is 0 Å². The Bertz CT molecular complexity index is 573. The number of hydrogen-bond donors (Lipinski definition) is 3. The van der Waals surface area contributed by atoms with Crippen LogP contribution >= 0.6 is 0 Å². The van der Waals surface area contributed by atoms with Crippen molar-refractivity contribution in [1.29, 1.82) is 0 Å². The average molecular weight is 331 g/mol. The molecule has 1 aliphatic heterocycles. The maximum absolute atomic E-state index is 13.0. The minimum Gasteiger partial charge on any atom is -0.368 e. The Balaban J connectivity index is 1.69. The molecule has 0 radical (unpaired) electrons. The summed E-state index contributed by atoms with van der Waals surface area (Å²) in [4.78, 5) is 14.1. The van der Waals surface area contributed by atoms with E-state index in [4.69, 9.17) is 5.73 Å². The van der Waals surface area contributed by atoms with Crippen LogP contribution in [0.4, 0.5) is 31.0 Å². The molecule has 4 N–H and O–H groups in total. The minimum atomic E-state index is -4.21. The number of nitrogens with one attached hydrogen (secondary N) is 2. The Morgan fingerprint density at radius 1 is 1.30 bits per heavy atom. The molecule has 0 unspecified atom stereocenters. The molecule has 7 nitrogen and oxygen atoms in total. The van der Waals surface area contributed by atoms with E-state index in [2.05, 4.69) is 25.6 Å². The standard InChI is InChI=1S/C13H20F3N7/c1-18-8-2-5-23(6-8)11-21-9(17)20-10(22-11)19-7-12(3-4-12)13(14,15)16/h8,18H,2-7H2,1H3,(H3,17,19,20,21,22)/t8-/m1/s1. The van der Waals surface area contributed by atoms with Crippen molar-refractivity contribution in [3.05, 3.63) is 0 Å². The van der Waals surface area contributed by atoms with Gasteiger partial charge in [-0.25, -0.2) is 0 Å². The Hall–Kier alpha value is -1.84. The van der Waals surface area contributed by atoms with Crippen molar-refractivity contribution in [2.75, 3.05) is 42.6 Å². The monoisotopic (exact) mass is 331 g/mol. The summed E-state index contributed by atoms with van der Waals surface area (Å²) >= 11 is 0. The zero-order valence-electron chi connectivity index (χ0n) is 12.8. The zero-order chi connectivity index (χ0) is 16.7. The molecule has 2 heterocycles. The average Bonchev–Trinajstić information content (AvgIpc) is 3.14. The Labute approximate surface area is 131 Å². The fourth-order valence-corrected chi connectivity index (χ4v) is 2.74. The van der Waals surface area contributed by atoms with Crippen molar-refractivity contribution < 1.29 is 13.2 Å². The van der Waals surface area contributed by atoms with Gasteiger partial charge in [-0.05, 0) is 26.3 Å². The molecular weight excluding hydrogens is 311 g/mol. The van der Waals surface area contributed by atoms with E-state index < -0.39 is 11.6 Å². The van der Waals surface area contributed by atoms with Gasteiger partial charge < -0.3 is 21.3 Å². The number of aromatic nitrogens is 3. The van der Waals surface area contributed by atoms with Gasteiger partial charge in [0.05, 0.1) is 5.41 Å². The molecule has 10 heteroatoms. The Kier molecular flexibility index (Phi) is 3.95. The van der Waals surface area contributed by atoms with Crippen molar-refractivity contribution in [2.24, 2.45) is 5.41 Å². The molecular formula is C13H20F3N7. The first-order valence-electron chi connectivity index (χ1n) is 7.57. The van der Waals surface area contributed by atoms with E-state index >= 15 is 0 Å². The van der Waals surface area contributed by atoms with Gasteiger partial charge in [0.15, 0.2) is 0 Å². The zero-order valence-corrected chi connectivity index (χ0v) is 12.8. The molecule has 1 aromatic rings. The van der Waals surface area contributed by atoms with Gasteiger partial charge in [0.2, 0.25) is 17.8 Å². The fourth-order valence-electron chi connectivity index (χ4n) is 2.74. The summed E-state index contributed by atoms with van der Waals surface area (Å²) in [5.74, 6) is 0.493. The van der Waals surface area contributed by atoms with Gasteiger partial charge in [0.1, 0.15) is 0 Å². The second-order valence-corrected chi connectivity index (χ2v) is 6.17. The minimum absolute atomic E-state index is 0.00210. The summed E-state index contributed by atoms with van der Waals surface area (Å²) in [5.41, 5.74) is 4.01. The predicted molar refractivity (Wildman–Crippen MR) is 80.1 cm³/mol. The van der Waals surface area contributed by atoms with Gasteiger partial charge in [-0.15, -0.1) is 0 Å². The molecule has 1 atom stereocenters. The van der Waals surface area contributed by atoms with Crippen LogP contribution in [-0.4, -0.2) is 53.9 Å². The van der Waals surface area contributed by atoms with Crippen molar-refractivity contribution in [1.82, 2.24) is 20.3 Å². The van der Waals surface area contributed by atoms with Crippen LogP contribution in [0.5, 0.6) is 0 Å². The van der Waals surface area contributed by atoms with Crippen LogP contribution in [0, 0.1) is 5.41 Å². The van der Waals surface area contributed by atoms with Gasteiger partial charge in [0, 0.05) is 25.7 Å². The summed E-state index contributed by atoms with van der Waals surface area (Å²) < 4.78 is 38.9. The number of likely N-dealkylation sites (N-methyl/N-ethyl adjacent to an activating group) is 1. The predicted octanol–water partition coefficient (Wildman–Crippen LogP) is 1.01.